The second-order valence-electron chi connectivity index (χ2n) is 4.16. The van der Waals surface area contributed by atoms with Crippen molar-refractivity contribution in [3.63, 3.8) is 0 Å². The van der Waals surface area contributed by atoms with Gasteiger partial charge in [0.1, 0.15) is 0 Å². The summed E-state index contributed by atoms with van der Waals surface area (Å²) in [5, 5.41) is 0. The summed E-state index contributed by atoms with van der Waals surface area (Å²) in [4.78, 5) is 12.9. The van der Waals surface area contributed by atoms with Crippen LogP contribution in [0.4, 0.5) is 0 Å². The third-order valence-electron chi connectivity index (χ3n) is 2.49. The standard InChI is InChI=1S/C12H25NO/c1-4-5-6-7-8-9-10-11-12(14)13(2)3/h4-11H2,1-3H3. The molecule has 0 fully saturated rings. The Kier molecular flexibility index (Phi) is 8.70. The van der Waals surface area contributed by atoms with E-state index in [2.05, 4.69) is 6.92 Å². The van der Waals surface area contributed by atoms with Gasteiger partial charge in [0.25, 0.3) is 0 Å². The first-order chi connectivity index (χ1) is 6.68. The third kappa shape index (κ3) is 8.09. The molecular formula is C12H25NO. The summed E-state index contributed by atoms with van der Waals surface area (Å²) >= 11 is 0. The van der Waals surface area contributed by atoms with Gasteiger partial charge in [-0.2, -0.15) is 0 Å². The number of nitrogens with zero attached hydrogens (tertiary/aromatic N) is 1. The molecule has 0 aliphatic heterocycles. The molecule has 0 atom stereocenters. The number of rotatable bonds is 8. The molecule has 0 aliphatic carbocycles. The van der Waals surface area contributed by atoms with E-state index >= 15 is 0 Å². The molecule has 0 aromatic heterocycles. The summed E-state index contributed by atoms with van der Waals surface area (Å²) in [6.07, 6.45) is 9.64. The average molecular weight is 199 g/mol. The highest BCUT2D eigenvalue weighted by Gasteiger charge is 2.02. The van der Waals surface area contributed by atoms with Crippen molar-refractivity contribution in [3.05, 3.63) is 0 Å². The Labute approximate surface area is 88.7 Å². The van der Waals surface area contributed by atoms with Gasteiger partial charge in [-0.1, -0.05) is 45.4 Å². The minimum atomic E-state index is 0.263. The molecule has 0 unspecified atom stereocenters. The average Bonchev–Trinajstić information content (AvgIpc) is 2.16. The molecule has 0 heterocycles. The fraction of sp³-hybridized carbons (Fsp3) is 0.917. The molecule has 0 aromatic carbocycles. The molecule has 0 bridgehead atoms. The predicted molar refractivity (Wildman–Crippen MR) is 61.3 cm³/mol. The lowest BCUT2D eigenvalue weighted by atomic mass is 10.1. The lowest BCUT2D eigenvalue weighted by Gasteiger charge is -2.09. The summed E-state index contributed by atoms with van der Waals surface area (Å²) in [5.41, 5.74) is 0. The van der Waals surface area contributed by atoms with E-state index in [4.69, 9.17) is 0 Å². The van der Waals surface area contributed by atoms with Crippen molar-refractivity contribution >= 4 is 5.91 Å². The van der Waals surface area contributed by atoms with Crippen LogP contribution in [-0.2, 0) is 4.79 Å². The normalized spacial score (nSPS) is 10.2. The molecule has 2 nitrogen and oxygen atoms in total. The lowest BCUT2D eigenvalue weighted by Crippen LogP contribution is -2.20. The summed E-state index contributed by atoms with van der Waals surface area (Å²) in [5.74, 6) is 0.263. The predicted octanol–water partition coefficient (Wildman–Crippen LogP) is 3.22. The van der Waals surface area contributed by atoms with Crippen LogP contribution in [0.1, 0.15) is 58.3 Å². The number of carbonyl (C=O) groups excluding carboxylic acids is 1. The van der Waals surface area contributed by atoms with Crippen molar-refractivity contribution in [2.75, 3.05) is 14.1 Å². The van der Waals surface area contributed by atoms with Crippen LogP contribution in [0.25, 0.3) is 0 Å². The molecule has 14 heavy (non-hydrogen) atoms. The van der Waals surface area contributed by atoms with Crippen LogP contribution >= 0.6 is 0 Å². The maximum absolute atomic E-state index is 11.2. The first kappa shape index (κ1) is 13.5. The van der Waals surface area contributed by atoms with Crippen LogP contribution in [0.2, 0.25) is 0 Å². The Morgan fingerprint density at radius 1 is 0.929 bits per heavy atom. The molecule has 1 amide bonds. The highest BCUT2D eigenvalue weighted by molar-refractivity contribution is 5.75. The lowest BCUT2D eigenvalue weighted by molar-refractivity contribution is -0.128. The maximum Gasteiger partial charge on any atom is 0.222 e. The second-order valence-corrected chi connectivity index (χ2v) is 4.16. The zero-order valence-electron chi connectivity index (χ0n) is 10.0. The molecular weight excluding hydrogens is 174 g/mol. The molecule has 0 saturated carbocycles. The van der Waals surface area contributed by atoms with E-state index in [9.17, 15) is 4.79 Å². The first-order valence-corrected chi connectivity index (χ1v) is 5.88. The highest BCUT2D eigenvalue weighted by atomic mass is 16.2. The van der Waals surface area contributed by atoms with Crippen LogP contribution in [-0.4, -0.2) is 24.9 Å². The smallest absolute Gasteiger partial charge is 0.222 e. The molecule has 0 spiro atoms. The first-order valence-electron chi connectivity index (χ1n) is 5.88. The second kappa shape index (κ2) is 9.04. The van der Waals surface area contributed by atoms with Gasteiger partial charge < -0.3 is 4.90 Å². The van der Waals surface area contributed by atoms with Crippen LogP contribution in [0.15, 0.2) is 0 Å². The highest BCUT2D eigenvalue weighted by Crippen LogP contribution is 2.08. The van der Waals surface area contributed by atoms with Crippen LogP contribution in [0, 0.1) is 0 Å². The van der Waals surface area contributed by atoms with E-state index in [0.717, 1.165) is 12.8 Å². The summed E-state index contributed by atoms with van der Waals surface area (Å²) in [6.45, 7) is 2.23. The number of unbranched alkanes of at least 4 members (excludes halogenated alkanes) is 6. The topological polar surface area (TPSA) is 20.3 Å². The van der Waals surface area contributed by atoms with Crippen LogP contribution < -0.4 is 0 Å². The zero-order valence-corrected chi connectivity index (χ0v) is 10.0. The Balaban J connectivity index is 3.10. The van der Waals surface area contributed by atoms with E-state index in [1.165, 1.54) is 38.5 Å². The van der Waals surface area contributed by atoms with Crippen molar-refractivity contribution in [2.45, 2.75) is 58.3 Å². The zero-order chi connectivity index (χ0) is 10.8. The summed E-state index contributed by atoms with van der Waals surface area (Å²) < 4.78 is 0. The molecule has 0 aliphatic rings. The van der Waals surface area contributed by atoms with E-state index in [1.54, 1.807) is 4.90 Å². The third-order valence-corrected chi connectivity index (χ3v) is 2.49. The summed E-state index contributed by atoms with van der Waals surface area (Å²) in [6, 6.07) is 0. The molecule has 0 N–H and O–H groups in total. The maximum atomic E-state index is 11.2. The Morgan fingerprint density at radius 2 is 1.43 bits per heavy atom. The number of hydrogen-bond donors (Lipinski definition) is 0. The van der Waals surface area contributed by atoms with Crippen molar-refractivity contribution in [1.82, 2.24) is 4.90 Å². The molecule has 84 valence electrons. The van der Waals surface area contributed by atoms with Gasteiger partial charge >= 0.3 is 0 Å². The van der Waals surface area contributed by atoms with E-state index in [-0.39, 0.29) is 5.91 Å². The van der Waals surface area contributed by atoms with E-state index in [0.29, 0.717) is 0 Å². The number of amides is 1. The molecule has 0 aromatic rings. The minimum Gasteiger partial charge on any atom is -0.349 e. The Hall–Kier alpha value is -0.530. The fourth-order valence-electron chi connectivity index (χ4n) is 1.46. The molecule has 0 rings (SSSR count). The van der Waals surface area contributed by atoms with Gasteiger partial charge in [0, 0.05) is 20.5 Å². The van der Waals surface area contributed by atoms with Gasteiger partial charge in [-0.3, -0.25) is 4.79 Å². The van der Waals surface area contributed by atoms with Crippen molar-refractivity contribution < 1.29 is 4.79 Å². The fourth-order valence-corrected chi connectivity index (χ4v) is 1.46. The quantitative estimate of drug-likeness (QED) is 0.550. The molecule has 0 radical (unpaired) electrons. The number of carbonyl (C=O) groups is 1. The van der Waals surface area contributed by atoms with Crippen molar-refractivity contribution in [2.24, 2.45) is 0 Å². The van der Waals surface area contributed by atoms with Crippen molar-refractivity contribution in [3.8, 4) is 0 Å². The van der Waals surface area contributed by atoms with Crippen molar-refractivity contribution in [1.29, 1.82) is 0 Å². The Morgan fingerprint density at radius 3 is 1.93 bits per heavy atom. The van der Waals surface area contributed by atoms with Gasteiger partial charge in [-0.15, -0.1) is 0 Å². The monoisotopic (exact) mass is 199 g/mol. The molecule has 0 saturated heterocycles. The number of hydrogen-bond acceptors (Lipinski definition) is 1. The van der Waals surface area contributed by atoms with Gasteiger partial charge in [-0.05, 0) is 6.42 Å². The SMILES string of the molecule is CCCCCCCCCC(=O)N(C)C. The summed E-state index contributed by atoms with van der Waals surface area (Å²) in [7, 11) is 3.65. The van der Waals surface area contributed by atoms with Crippen LogP contribution in [0.5, 0.6) is 0 Å². The van der Waals surface area contributed by atoms with Gasteiger partial charge in [0.2, 0.25) is 5.91 Å². The molecule has 2 heteroatoms. The van der Waals surface area contributed by atoms with Gasteiger partial charge in [-0.25, -0.2) is 0 Å². The van der Waals surface area contributed by atoms with Gasteiger partial charge in [0.05, 0.1) is 0 Å². The van der Waals surface area contributed by atoms with E-state index < -0.39 is 0 Å². The largest absolute Gasteiger partial charge is 0.349 e. The van der Waals surface area contributed by atoms with E-state index in [1.807, 2.05) is 14.1 Å². The minimum absolute atomic E-state index is 0.263. The Bertz CT molecular complexity index is 143. The van der Waals surface area contributed by atoms with Crippen LogP contribution in [0.3, 0.4) is 0 Å². The van der Waals surface area contributed by atoms with Gasteiger partial charge in [0.15, 0.2) is 0 Å².